The number of alkyl halides is 3. The summed E-state index contributed by atoms with van der Waals surface area (Å²) in [6, 6.07) is 2.13. The lowest BCUT2D eigenvalue weighted by molar-refractivity contribution is -0.141. The standard InChI is InChI=1S/C12H13F4NO2/c1-19-11(18)4-8(6-17)7-2-9(12(14,15)16)5-10(13)3-7/h2-3,5,8H,4,6,17H2,1H3. The highest BCUT2D eigenvalue weighted by Crippen LogP contribution is 2.32. The third kappa shape index (κ3) is 4.20. The minimum atomic E-state index is -4.65. The number of carbonyl (C=O) groups is 1. The van der Waals surface area contributed by atoms with Gasteiger partial charge in [-0.05, 0) is 30.3 Å². The Labute approximate surface area is 107 Å². The van der Waals surface area contributed by atoms with Gasteiger partial charge >= 0.3 is 12.1 Å². The minimum Gasteiger partial charge on any atom is -0.469 e. The van der Waals surface area contributed by atoms with Gasteiger partial charge in [-0.15, -0.1) is 0 Å². The number of esters is 1. The summed E-state index contributed by atoms with van der Waals surface area (Å²) >= 11 is 0. The summed E-state index contributed by atoms with van der Waals surface area (Å²) in [4.78, 5) is 11.1. The molecule has 1 atom stereocenters. The summed E-state index contributed by atoms with van der Waals surface area (Å²) in [6.45, 7) is -0.0874. The van der Waals surface area contributed by atoms with Gasteiger partial charge in [0, 0.05) is 5.92 Å². The second-order valence-electron chi connectivity index (χ2n) is 3.98. The molecule has 19 heavy (non-hydrogen) atoms. The Hall–Kier alpha value is -1.63. The van der Waals surface area contributed by atoms with Crippen molar-refractivity contribution in [3.8, 4) is 0 Å². The molecular weight excluding hydrogens is 266 g/mol. The quantitative estimate of drug-likeness (QED) is 0.680. The Morgan fingerprint density at radius 3 is 2.47 bits per heavy atom. The van der Waals surface area contributed by atoms with Crippen molar-refractivity contribution in [3.63, 3.8) is 0 Å². The van der Waals surface area contributed by atoms with Crippen molar-refractivity contribution in [2.24, 2.45) is 5.73 Å². The lowest BCUT2D eigenvalue weighted by Gasteiger charge is -2.16. The van der Waals surface area contributed by atoms with E-state index in [-0.39, 0.29) is 18.5 Å². The number of ether oxygens (including phenoxy) is 1. The molecule has 3 nitrogen and oxygen atoms in total. The van der Waals surface area contributed by atoms with E-state index in [0.29, 0.717) is 6.07 Å². The van der Waals surface area contributed by atoms with Gasteiger partial charge in [0.25, 0.3) is 0 Å². The predicted molar refractivity (Wildman–Crippen MR) is 59.8 cm³/mol. The number of rotatable bonds is 4. The molecule has 0 aromatic heterocycles. The van der Waals surface area contributed by atoms with Crippen molar-refractivity contribution in [1.82, 2.24) is 0 Å². The number of methoxy groups -OCH3 is 1. The third-order valence-corrected chi connectivity index (χ3v) is 2.64. The van der Waals surface area contributed by atoms with Crippen LogP contribution in [-0.4, -0.2) is 19.6 Å². The van der Waals surface area contributed by atoms with E-state index in [0.717, 1.165) is 19.2 Å². The van der Waals surface area contributed by atoms with Gasteiger partial charge in [0.05, 0.1) is 19.1 Å². The van der Waals surface area contributed by atoms with Gasteiger partial charge < -0.3 is 10.5 Å². The molecule has 2 N–H and O–H groups in total. The highest BCUT2D eigenvalue weighted by molar-refractivity contribution is 5.70. The molecule has 1 unspecified atom stereocenters. The number of hydrogen-bond donors (Lipinski definition) is 1. The largest absolute Gasteiger partial charge is 0.469 e. The maximum atomic E-state index is 13.2. The molecule has 0 amide bonds. The molecule has 0 spiro atoms. The van der Waals surface area contributed by atoms with Gasteiger partial charge in [0.15, 0.2) is 0 Å². The van der Waals surface area contributed by atoms with E-state index in [2.05, 4.69) is 4.74 Å². The predicted octanol–water partition coefficient (Wildman–Crippen LogP) is 2.45. The topological polar surface area (TPSA) is 52.3 Å². The normalized spacial score (nSPS) is 13.2. The van der Waals surface area contributed by atoms with Crippen LogP contribution in [0.15, 0.2) is 18.2 Å². The van der Waals surface area contributed by atoms with Crippen LogP contribution in [0.2, 0.25) is 0 Å². The Balaban J connectivity index is 3.10. The van der Waals surface area contributed by atoms with Crippen molar-refractivity contribution in [2.75, 3.05) is 13.7 Å². The molecule has 7 heteroatoms. The van der Waals surface area contributed by atoms with E-state index < -0.39 is 29.4 Å². The Morgan fingerprint density at radius 2 is 2.00 bits per heavy atom. The molecule has 1 aromatic carbocycles. The van der Waals surface area contributed by atoms with Gasteiger partial charge in [0.2, 0.25) is 0 Å². The van der Waals surface area contributed by atoms with Crippen LogP contribution in [0.4, 0.5) is 17.6 Å². The first-order valence-corrected chi connectivity index (χ1v) is 5.42. The summed E-state index contributed by atoms with van der Waals surface area (Å²) in [6.07, 6.45) is -4.85. The lowest BCUT2D eigenvalue weighted by atomic mass is 9.94. The molecule has 0 aliphatic heterocycles. The van der Waals surface area contributed by atoms with Gasteiger partial charge in [0.1, 0.15) is 5.82 Å². The summed E-state index contributed by atoms with van der Waals surface area (Å²) in [5.74, 6) is -2.36. The number of carbonyl (C=O) groups excluding carboxylic acids is 1. The first-order valence-electron chi connectivity index (χ1n) is 5.42. The SMILES string of the molecule is COC(=O)CC(CN)c1cc(F)cc(C(F)(F)F)c1. The van der Waals surface area contributed by atoms with E-state index >= 15 is 0 Å². The smallest absolute Gasteiger partial charge is 0.416 e. The first-order chi connectivity index (χ1) is 8.77. The van der Waals surface area contributed by atoms with Crippen LogP contribution in [-0.2, 0) is 15.7 Å². The lowest BCUT2D eigenvalue weighted by Crippen LogP contribution is -2.18. The number of benzene rings is 1. The van der Waals surface area contributed by atoms with E-state index in [1.807, 2.05) is 0 Å². The molecule has 0 aliphatic rings. The highest BCUT2D eigenvalue weighted by atomic mass is 19.4. The molecule has 0 bridgehead atoms. The van der Waals surface area contributed by atoms with Gasteiger partial charge in [-0.2, -0.15) is 13.2 Å². The van der Waals surface area contributed by atoms with Crippen molar-refractivity contribution >= 4 is 5.97 Å². The maximum absolute atomic E-state index is 13.2. The zero-order chi connectivity index (χ0) is 14.6. The van der Waals surface area contributed by atoms with Crippen LogP contribution in [0, 0.1) is 5.82 Å². The van der Waals surface area contributed by atoms with Crippen molar-refractivity contribution in [3.05, 3.63) is 35.1 Å². The molecule has 0 aliphatic carbocycles. The molecular formula is C12H13F4NO2. The molecule has 0 saturated carbocycles. The average molecular weight is 279 g/mol. The third-order valence-electron chi connectivity index (χ3n) is 2.64. The zero-order valence-electron chi connectivity index (χ0n) is 10.1. The molecule has 0 saturated heterocycles. The van der Waals surface area contributed by atoms with Gasteiger partial charge in [-0.3, -0.25) is 4.79 Å². The van der Waals surface area contributed by atoms with Crippen LogP contribution < -0.4 is 5.73 Å². The summed E-state index contributed by atoms with van der Waals surface area (Å²) < 4.78 is 55.3. The molecule has 106 valence electrons. The fourth-order valence-corrected chi connectivity index (χ4v) is 1.63. The van der Waals surface area contributed by atoms with E-state index in [4.69, 9.17) is 5.73 Å². The Morgan fingerprint density at radius 1 is 1.37 bits per heavy atom. The number of nitrogens with two attached hydrogens (primary N) is 1. The highest BCUT2D eigenvalue weighted by Gasteiger charge is 2.32. The van der Waals surface area contributed by atoms with Crippen molar-refractivity contribution in [1.29, 1.82) is 0 Å². The van der Waals surface area contributed by atoms with Crippen LogP contribution in [0.1, 0.15) is 23.5 Å². The Bertz CT molecular complexity index is 460. The molecule has 0 heterocycles. The number of halogens is 4. The fourth-order valence-electron chi connectivity index (χ4n) is 1.63. The van der Waals surface area contributed by atoms with Crippen LogP contribution in [0.3, 0.4) is 0 Å². The molecule has 0 radical (unpaired) electrons. The maximum Gasteiger partial charge on any atom is 0.416 e. The average Bonchev–Trinajstić information content (AvgIpc) is 2.33. The van der Waals surface area contributed by atoms with E-state index in [1.165, 1.54) is 0 Å². The molecule has 0 fully saturated rings. The molecule has 1 rings (SSSR count). The zero-order valence-corrected chi connectivity index (χ0v) is 10.1. The van der Waals surface area contributed by atoms with Gasteiger partial charge in [-0.25, -0.2) is 4.39 Å². The van der Waals surface area contributed by atoms with Crippen LogP contribution in [0.25, 0.3) is 0 Å². The first kappa shape index (κ1) is 15.4. The van der Waals surface area contributed by atoms with Crippen LogP contribution in [0.5, 0.6) is 0 Å². The van der Waals surface area contributed by atoms with E-state index in [9.17, 15) is 22.4 Å². The molecule has 1 aromatic rings. The Kier molecular flexibility index (Phi) is 4.88. The summed E-state index contributed by atoms with van der Waals surface area (Å²) in [5, 5.41) is 0. The van der Waals surface area contributed by atoms with Crippen molar-refractivity contribution < 1.29 is 27.1 Å². The second-order valence-corrected chi connectivity index (χ2v) is 3.98. The van der Waals surface area contributed by atoms with Gasteiger partial charge in [-0.1, -0.05) is 0 Å². The number of hydrogen-bond acceptors (Lipinski definition) is 3. The monoisotopic (exact) mass is 279 g/mol. The summed E-state index contributed by atoms with van der Waals surface area (Å²) in [7, 11) is 1.16. The fraction of sp³-hybridized carbons (Fsp3) is 0.417. The minimum absolute atomic E-state index is 0.0280. The van der Waals surface area contributed by atoms with Crippen molar-refractivity contribution in [2.45, 2.75) is 18.5 Å². The van der Waals surface area contributed by atoms with Crippen LogP contribution >= 0.6 is 0 Å². The van der Waals surface area contributed by atoms with E-state index in [1.54, 1.807) is 0 Å². The second kappa shape index (κ2) is 6.01. The summed E-state index contributed by atoms with van der Waals surface area (Å²) in [5.41, 5.74) is 4.33.